The second-order valence-electron chi connectivity index (χ2n) is 5.10. The summed E-state index contributed by atoms with van der Waals surface area (Å²) in [4.78, 5) is 0. The molecule has 2 unspecified atom stereocenters. The molecule has 0 amide bonds. The summed E-state index contributed by atoms with van der Waals surface area (Å²) >= 11 is 0. The molecule has 0 spiro atoms. The average molecular weight is 237 g/mol. The molecule has 0 radical (unpaired) electrons. The fourth-order valence-corrected chi connectivity index (χ4v) is 2.09. The van der Waals surface area contributed by atoms with E-state index in [2.05, 4.69) is 33.0 Å². The molecule has 0 saturated carbocycles. The molecule has 0 saturated heterocycles. The van der Waals surface area contributed by atoms with Gasteiger partial charge in [-0.3, -0.25) is 0 Å². The van der Waals surface area contributed by atoms with Crippen molar-refractivity contribution in [2.75, 3.05) is 6.54 Å². The van der Waals surface area contributed by atoms with Crippen LogP contribution in [0.4, 0.5) is 4.39 Å². The van der Waals surface area contributed by atoms with Gasteiger partial charge in [-0.2, -0.15) is 0 Å². The van der Waals surface area contributed by atoms with Crippen LogP contribution in [0.25, 0.3) is 0 Å². The number of hydrogen-bond donors (Lipinski definition) is 1. The summed E-state index contributed by atoms with van der Waals surface area (Å²) in [5, 5.41) is 3.51. The molecule has 1 aromatic rings. The Bertz CT molecular complexity index is 335. The molecule has 0 aromatic heterocycles. The van der Waals surface area contributed by atoms with Crippen molar-refractivity contribution in [1.29, 1.82) is 0 Å². The first kappa shape index (κ1) is 14.2. The van der Waals surface area contributed by atoms with Crippen LogP contribution in [0.2, 0.25) is 0 Å². The van der Waals surface area contributed by atoms with E-state index in [0.29, 0.717) is 17.9 Å². The topological polar surface area (TPSA) is 12.0 Å². The molecule has 2 atom stereocenters. The molecule has 96 valence electrons. The molecule has 0 aliphatic heterocycles. The Balaban J connectivity index is 2.72. The number of likely N-dealkylation sites (N-methyl/N-ethyl adjacent to an activating group) is 1. The van der Waals surface area contributed by atoms with Crippen LogP contribution in [0.15, 0.2) is 24.3 Å². The number of benzene rings is 1. The Hall–Kier alpha value is -0.890. The lowest BCUT2D eigenvalue weighted by atomic mass is 9.86. The quantitative estimate of drug-likeness (QED) is 0.796. The maximum atomic E-state index is 13.1. The molecule has 2 heteroatoms. The fraction of sp³-hybridized carbons (Fsp3) is 0.600. The molecule has 1 aromatic carbocycles. The predicted octanol–water partition coefficient (Wildman–Crippen LogP) is 3.64. The maximum Gasteiger partial charge on any atom is 0.123 e. The van der Waals surface area contributed by atoms with Crippen molar-refractivity contribution in [3.8, 4) is 0 Å². The number of nitrogens with one attached hydrogen (secondary N) is 1. The summed E-state index contributed by atoms with van der Waals surface area (Å²) in [5.41, 5.74) is 1.07. The third-order valence-corrected chi connectivity index (χ3v) is 3.50. The summed E-state index contributed by atoms with van der Waals surface area (Å²) in [7, 11) is 0. The molecule has 1 N–H and O–H groups in total. The van der Waals surface area contributed by atoms with Gasteiger partial charge in [-0.25, -0.2) is 4.39 Å². The van der Waals surface area contributed by atoms with E-state index in [0.717, 1.165) is 18.5 Å². The van der Waals surface area contributed by atoms with Crippen molar-refractivity contribution in [3.05, 3.63) is 35.6 Å². The molecule has 0 aliphatic rings. The molecule has 0 aliphatic carbocycles. The Labute approximate surface area is 104 Å². The number of hydrogen-bond acceptors (Lipinski definition) is 1. The average Bonchev–Trinajstić information content (AvgIpc) is 2.27. The summed E-state index contributed by atoms with van der Waals surface area (Å²) in [6, 6.07) is 7.34. The molecule has 17 heavy (non-hydrogen) atoms. The van der Waals surface area contributed by atoms with Crippen LogP contribution in [0.5, 0.6) is 0 Å². The van der Waals surface area contributed by atoms with Crippen LogP contribution in [-0.2, 0) is 6.42 Å². The number of halogens is 1. The van der Waals surface area contributed by atoms with Crippen LogP contribution in [-0.4, -0.2) is 12.6 Å². The molecule has 1 rings (SSSR count). The van der Waals surface area contributed by atoms with Crippen molar-refractivity contribution in [3.63, 3.8) is 0 Å². The minimum Gasteiger partial charge on any atom is -0.314 e. The van der Waals surface area contributed by atoms with Gasteiger partial charge in [-0.1, -0.05) is 39.8 Å². The van der Waals surface area contributed by atoms with Crippen LogP contribution >= 0.6 is 0 Å². The highest BCUT2D eigenvalue weighted by molar-refractivity contribution is 5.17. The first-order chi connectivity index (χ1) is 8.04. The summed E-state index contributed by atoms with van der Waals surface area (Å²) in [6.45, 7) is 9.81. The zero-order chi connectivity index (χ0) is 12.8. The van der Waals surface area contributed by atoms with Gasteiger partial charge in [0.1, 0.15) is 5.82 Å². The van der Waals surface area contributed by atoms with Gasteiger partial charge in [0.05, 0.1) is 0 Å². The van der Waals surface area contributed by atoms with Gasteiger partial charge in [0, 0.05) is 6.04 Å². The minimum absolute atomic E-state index is 0.144. The molecular formula is C15H24FN. The normalized spacial score (nSPS) is 14.9. The fourth-order valence-electron chi connectivity index (χ4n) is 2.09. The largest absolute Gasteiger partial charge is 0.314 e. The van der Waals surface area contributed by atoms with E-state index in [9.17, 15) is 4.39 Å². The lowest BCUT2D eigenvalue weighted by Crippen LogP contribution is -2.38. The smallest absolute Gasteiger partial charge is 0.123 e. The number of rotatable bonds is 6. The Morgan fingerprint density at radius 3 is 2.47 bits per heavy atom. The molecule has 1 nitrogen and oxygen atoms in total. The molecule has 0 bridgehead atoms. The van der Waals surface area contributed by atoms with E-state index in [-0.39, 0.29) is 5.82 Å². The van der Waals surface area contributed by atoms with Crippen molar-refractivity contribution >= 4 is 0 Å². The third-order valence-electron chi connectivity index (χ3n) is 3.50. The molecular weight excluding hydrogens is 213 g/mol. The monoisotopic (exact) mass is 237 g/mol. The maximum absolute atomic E-state index is 13.1. The third kappa shape index (κ3) is 4.47. The van der Waals surface area contributed by atoms with Crippen LogP contribution < -0.4 is 5.32 Å². The highest BCUT2D eigenvalue weighted by Crippen LogP contribution is 2.18. The van der Waals surface area contributed by atoms with E-state index >= 15 is 0 Å². The first-order valence-electron chi connectivity index (χ1n) is 6.52. The summed E-state index contributed by atoms with van der Waals surface area (Å²) < 4.78 is 13.1. The zero-order valence-corrected chi connectivity index (χ0v) is 11.3. The minimum atomic E-state index is -0.144. The zero-order valence-electron chi connectivity index (χ0n) is 11.3. The molecule has 0 heterocycles. The van der Waals surface area contributed by atoms with Crippen LogP contribution in [0.3, 0.4) is 0 Å². The van der Waals surface area contributed by atoms with Crippen molar-refractivity contribution in [2.24, 2.45) is 11.8 Å². The van der Waals surface area contributed by atoms with Gasteiger partial charge >= 0.3 is 0 Å². The second kappa shape index (κ2) is 6.75. The van der Waals surface area contributed by atoms with Gasteiger partial charge in [-0.15, -0.1) is 0 Å². The summed E-state index contributed by atoms with van der Waals surface area (Å²) in [5.74, 6) is 1.07. The van der Waals surface area contributed by atoms with Gasteiger partial charge < -0.3 is 5.32 Å². The van der Waals surface area contributed by atoms with Gasteiger partial charge in [0.15, 0.2) is 0 Å². The highest BCUT2D eigenvalue weighted by Gasteiger charge is 2.19. The first-order valence-corrected chi connectivity index (χ1v) is 6.52. The van der Waals surface area contributed by atoms with Gasteiger partial charge in [0.2, 0.25) is 0 Å². The van der Waals surface area contributed by atoms with Crippen molar-refractivity contribution < 1.29 is 4.39 Å². The lowest BCUT2D eigenvalue weighted by molar-refractivity contribution is 0.300. The summed E-state index contributed by atoms with van der Waals surface area (Å²) in [6.07, 6.45) is 0.894. The second-order valence-corrected chi connectivity index (χ2v) is 5.10. The molecule has 0 fully saturated rings. The highest BCUT2D eigenvalue weighted by atomic mass is 19.1. The van der Waals surface area contributed by atoms with E-state index in [1.807, 2.05) is 6.07 Å². The van der Waals surface area contributed by atoms with Gasteiger partial charge in [0.25, 0.3) is 0 Å². The Morgan fingerprint density at radius 1 is 1.24 bits per heavy atom. The van der Waals surface area contributed by atoms with E-state index < -0.39 is 0 Å². The van der Waals surface area contributed by atoms with E-state index in [4.69, 9.17) is 0 Å². The van der Waals surface area contributed by atoms with E-state index in [1.54, 1.807) is 12.1 Å². The van der Waals surface area contributed by atoms with Crippen LogP contribution in [0, 0.1) is 17.7 Å². The van der Waals surface area contributed by atoms with Crippen molar-refractivity contribution in [1.82, 2.24) is 5.32 Å². The Morgan fingerprint density at radius 2 is 1.94 bits per heavy atom. The van der Waals surface area contributed by atoms with Crippen LogP contribution in [0.1, 0.15) is 33.3 Å². The Kier molecular flexibility index (Phi) is 5.63. The van der Waals surface area contributed by atoms with Gasteiger partial charge in [-0.05, 0) is 42.5 Å². The SMILES string of the molecule is CCNC(Cc1cccc(F)c1)C(C)C(C)C. The van der Waals surface area contributed by atoms with E-state index in [1.165, 1.54) is 6.07 Å². The standard InChI is InChI=1S/C15H24FN/c1-5-17-15(12(4)11(2)3)10-13-7-6-8-14(16)9-13/h6-9,11-12,15,17H,5,10H2,1-4H3. The lowest BCUT2D eigenvalue weighted by Gasteiger charge is -2.28. The predicted molar refractivity (Wildman–Crippen MR) is 71.6 cm³/mol. The van der Waals surface area contributed by atoms with Crippen molar-refractivity contribution in [2.45, 2.75) is 40.2 Å².